The molecule has 0 spiro atoms. The van der Waals surface area contributed by atoms with E-state index >= 15 is 0 Å². The highest BCUT2D eigenvalue weighted by Gasteiger charge is 2.36. The van der Waals surface area contributed by atoms with E-state index in [0.717, 1.165) is 12.8 Å². The molecule has 270 valence electrons. The van der Waals surface area contributed by atoms with Gasteiger partial charge >= 0.3 is 0 Å². The monoisotopic (exact) mass is 718 g/mol. The molecule has 0 aromatic heterocycles. The van der Waals surface area contributed by atoms with Crippen molar-refractivity contribution in [2.45, 2.75) is 32.1 Å². The second kappa shape index (κ2) is 13.9. The second-order valence-electron chi connectivity index (χ2n) is 16.5. The highest BCUT2D eigenvalue weighted by atomic mass is 14.4. The van der Waals surface area contributed by atoms with Gasteiger partial charge in [-0.3, -0.25) is 0 Å². The molecular weight excluding hydrogens is 673 g/mol. The SMILES string of the molecule is C1=CC2=c3ccccc3=C3C=CC(C4C=CC(C5C=CC(c6c7ccccc7c(-c7ccccc7)c7cc(-c8ccccc8)ccc67)=CC5)=CC4)CC3C2CC1. The van der Waals surface area contributed by atoms with E-state index in [2.05, 4.69) is 188 Å². The van der Waals surface area contributed by atoms with E-state index in [-0.39, 0.29) is 0 Å². The predicted molar refractivity (Wildman–Crippen MR) is 238 cm³/mol. The van der Waals surface area contributed by atoms with Crippen LogP contribution in [0.15, 0.2) is 194 Å². The van der Waals surface area contributed by atoms with E-state index in [0.29, 0.717) is 29.6 Å². The summed E-state index contributed by atoms with van der Waals surface area (Å²) in [6, 6.07) is 47.0. The summed E-state index contributed by atoms with van der Waals surface area (Å²) in [4.78, 5) is 0. The first-order valence-corrected chi connectivity index (χ1v) is 20.8. The van der Waals surface area contributed by atoms with Gasteiger partial charge in [0.1, 0.15) is 0 Å². The highest BCUT2D eigenvalue weighted by molar-refractivity contribution is 6.20. The Bertz CT molecular complexity index is 2840. The second-order valence-corrected chi connectivity index (χ2v) is 16.5. The highest BCUT2D eigenvalue weighted by Crippen LogP contribution is 2.47. The van der Waals surface area contributed by atoms with Crippen LogP contribution in [0.25, 0.3) is 60.5 Å². The van der Waals surface area contributed by atoms with Gasteiger partial charge < -0.3 is 0 Å². The average Bonchev–Trinajstić information content (AvgIpc) is 3.28. The molecule has 5 unspecified atom stereocenters. The van der Waals surface area contributed by atoms with Crippen LogP contribution >= 0.6 is 0 Å². The van der Waals surface area contributed by atoms with Crippen molar-refractivity contribution in [3.63, 3.8) is 0 Å². The molecule has 5 aliphatic carbocycles. The van der Waals surface area contributed by atoms with Crippen LogP contribution in [-0.2, 0) is 0 Å². The first-order chi connectivity index (χ1) is 27.8. The molecule has 0 nitrogen and oxygen atoms in total. The summed E-state index contributed by atoms with van der Waals surface area (Å²) in [6.07, 6.45) is 30.8. The van der Waals surface area contributed by atoms with Crippen LogP contribution in [0, 0.1) is 29.6 Å². The lowest BCUT2D eigenvalue weighted by Crippen LogP contribution is -2.41. The largest absolute Gasteiger partial charge is 0.0842 e. The van der Waals surface area contributed by atoms with Gasteiger partial charge in [-0.15, -0.1) is 0 Å². The zero-order valence-electron chi connectivity index (χ0n) is 31.8. The van der Waals surface area contributed by atoms with Crippen molar-refractivity contribution < 1.29 is 0 Å². The standard InChI is InChI=1S/C56H46/c1-3-13-37(14-4-1)44-32-34-52-54(36-44)56(41-15-5-2-6-16-41)51-22-12-11-21-50(51)55(52)42-29-27-39(28-30-42)38-23-25-40(26-24-38)43-31-33-49-47-19-8-7-17-45(47)46-18-9-10-20-48(46)53(49)35-43/h1-9,11-19,21-25,27,29-34,36,39-40,43,48,53H,10,20,26,28,35H2. The molecule has 0 aliphatic heterocycles. The van der Waals surface area contributed by atoms with Crippen molar-refractivity contribution in [1.29, 1.82) is 0 Å². The van der Waals surface area contributed by atoms with Crippen LogP contribution in [0.5, 0.6) is 0 Å². The molecule has 0 bridgehead atoms. The summed E-state index contributed by atoms with van der Waals surface area (Å²) >= 11 is 0. The van der Waals surface area contributed by atoms with Gasteiger partial charge in [0.25, 0.3) is 0 Å². The molecule has 0 heterocycles. The van der Waals surface area contributed by atoms with E-state index in [9.17, 15) is 0 Å². The molecule has 5 atom stereocenters. The molecule has 6 aromatic carbocycles. The van der Waals surface area contributed by atoms with E-state index in [1.54, 1.807) is 11.1 Å². The molecular formula is C56H46. The molecule has 0 heteroatoms. The summed E-state index contributed by atoms with van der Waals surface area (Å²) in [5.41, 5.74) is 12.4. The Labute approximate surface area is 330 Å². The summed E-state index contributed by atoms with van der Waals surface area (Å²) in [6.45, 7) is 0. The van der Waals surface area contributed by atoms with Gasteiger partial charge in [0.15, 0.2) is 0 Å². The lowest BCUT2D eigenvalue weighted by atomic mass is 9.64. The fraction of sp³-hybridized carbons (Fsp3) is 0.179. The van der Waals surface area contributed by atoms with Gasteiger partial charge in [0, 0.05) is 5.92 Å². The third-order valence-corrected chi connectivity index (χ3v) is 13.5. The molecule has 5 aliphatic rings. The molecule has 0 N–H and O–H groups in total. The summed E-state index contributed by atoms with van der Waals surface area (Å²) in [5.74, 6) is 2.84. The maximum absolute atomic E-state index is 2.56. The van der Waals surface area contributed by atoms with Crippen LogP contribution in [0.2, 0.25) is 0 Å². The zero-order chi connectivity index (χ0) is 37.0. The van der Waals surface area contributed by atoms with Crippen molar-refractivity contribution in [3.05, 3.63) is 210 Å². The number of rotatable bonds is 5. The van der Waals surface area contributed by atoms with Crippen molar-refractivity contribution in [2.75, 3.05) is 0 Å². The van der Waals surface area contributed by atoms with Gasteiger partial charge in [0.05, 0.1) is 0 Å². The van der Waals surface area contributed by atoms with Gasteiger partial charge in [-0.05, 0) is 144 Å². The third kappa shape index (κ3) is 5.65. The number of allylic oxidation sites excluding steroid dienone is 12. The van der Waals surface area contributed by atoms with Crippen molar-refractivity contribution >= 4 is 38.3 Å². The summed E-state index contributed by atoms with van der Waals surface area (Å²) in [7, 11) is 0. The van der Waals surface area contributed by atoms with Gasteiger partial charge in [-0.1, -0.05) is 182 Å². The van der Waals surface area contributed by atoms with Crippen LogP contribution in [-0.4, -0.2) is 0 Å². The van der Waals surface area contributed by atoms with Gasteiger partial charge in [0.2, 0.25) is 0 Å². The Kier molecular flexibility index (Phi) is 8.31. The average molecular weight is 719 g/mol. The Morgan fingerprint density at radius 2 is 1.12 bits per heavy atom. The number of hydrogen-bond acceptors (Lipinski definition) is 0. The van der Waals surface area contributed by atoms with Crippen LogP contribution in [0.4, 0.5) is 0 Å². The van der Waals surface area contributed by atoms with Crippen molar-refractivity contribution in [3.8, 4) is 22.3 Å². The van der Waals surface area contributed by atoms with Crippen molar-refractivity contribution in [1.82, 2.24) is 0 Å². The number of benzene rings is 6. The van der Waals surface area contributed by atoms with Crippen molar-refractivity contribution in [2.24, 2.45) is 29.6 Å². The molecule has 11 rings (SSSR count). The Hall–Kier alpha value is -5.98. The van der Waals surface area contributed by atoms with Crippen LogP contribution in [0.1, 0.15) is 37.7 Å². The molecule has 56 heavy (non-hydrogen) atoms. The molecule has 0 saturated heterocycles. The molecule has 6 aromatic rings. The topological polar surface area (TPSA) is 0 Å². The Morgan fingerprint density at radius 1 is 0.446 bits per heavy atom. The third-order valence-electron chi connectivity index (χ3n) is 13.5. The van der Waals surface area contributed by atoms with Crippen LogP contribution < -0.4 is 10.4 Å². The maximum Gasteiger partial charge on any atom is 0.00528 e. The fourth-order valence-electron chi connectivity index (χ4n) is 10.8. The lowest BCUT2D eigenvalue weighted by molar-refractivity contribution is 0.335. The first kappa shape index (κ1) is 33.4. The number of fused-ring (bicyclic) bond motifs is 6. The smallest absolute Gasteiger partial charge is 0.00528 e. The lowest BCUT2D eigenvalue weighted by Gasteiger charge is -2.40. The van der Waals surface area contributed by atoms with Gasteiger partial charge in [-0.25, -0.2) is 0 Å². The minimum atomic E-state index is 0.407. The van der Waals surface area contributed by atoms with E-state index in [1.807, 2.05) is 0 Å². The van der Waals surface area contributed by atoms with Crippen LogP contribution in [0.3, 0.4) is 0 Å². The maximum atomic E-state index is 2.56. The molecule has 0 fully saturated rings. The Balaban J connectivity index is 0.888. The summed E-state index contributed by atoms with van der Waals surface area (Å²) < 4.78 is 0. The Morgan fingerprint density at radius 3 is 1.86 bits per heavy atom. The molecule has 0 saturated carbocycles. The molecule has 0 radical (unpaired) electrons. The minimum absolute atomic E-state index is 0.407. The predicted octanol–water partition coefficient (Wildman–Crippen LogP) is 13.0. The zero-order valence-corrected chi connectivity index (χ0v) is 31.8. The van der Waals surface area contributed by atoms with E-state index in [4.69, 9.17) is 0 Å². The minimum Gasteiger partial charge on any atom is -0.0842 e. The normalized spacial score (nSPS) is 23.8. The van der Waals surface area contributed by atoms with E-state index in [1.165, 1.54) is 90.2 Å². The fourth-order valence-corrected chi connectivity index (χ4v) is 10.8. The summed E-state index contributed by atoms with van der Waals surface area (Å²) in [5, 5.41) is 8.17. The van der Waals surface area contributed by atoms with E-state index < -0.39 is 0 Å². The molecule has 0 amide bonds. The number of hydrogen-bond donors (Lipinski definition) is 0. The van der Waals surface area contributed by atoms with Gasteiger partial charge in [-0.2, -0.15) is 0 Å². The quantitative estimate of drug-likeness (QED) is 0.156. The first-order valence-electron chi connectivity index (χ1n) is 20.8.